The molecule has 16 heavy (non-hydrogen) atoms. The molecule has 0 aromatic carbocycles. The Morgan fingerprint density at radius 1 is 1.50 bits per heavy atom. The van der Waals surface area contributed by atoms with Crippen LogP contribution in [0.4, 0.5) is 0 Å². The first-order valence-corrected chi connectivity index (χ1v) is 5.56. The smallest absolute Gasteiger partial charge is 0.156 e. The summed E-state index contributed by atoms with van der Waals surface area (Å²) >= 11 is 0. The molecule has 1 atom stereocenters. The standard InChI is InChI=1S/C12H14N2O2/c15-12(9-1-2-9)10-4-6-14(7-10)8-11-3-5-13-16-11/h3-7,9,12,15H,1-2,8H2. The molecule has 2 heterocycles. The van der Waals surface area contributed by atoms with Gasteiger partial charge in [-0.15, -0.1) is 0 Å². The van der Waals surface area contributed by atoms with E-state index in [-0.39, 0.29) is 6.10 Å². The van der Waals surface area contributed by atoms with E-state index in [2.05, 4.69) is 5.16 Å². The maximum Gasteiger partial charge on any atom is 0.156 e. The first kappa shape index (κ1) is 9.66. The molecular formula is C12H14N2O2. The first-order valence-electron chi connectivity index (χ1n) is 5.56. The van der Waals surface area contributed by atoms with Crippen molar-refractivity contribution < 1.29 is 9.63 Å². The van der Waals surface area contributed by atoms with Crippen LogP contribution in [0.15, 0.2) is 35.2 Å². The van der Waals surface area contributed by atoms with Crippen LogP contribution in [0.5, 0.6) is 0 Å². The normalized spacial score (nSPS) is 17.6. The number of nitrogens with zero attached hydrogens (tertiary/aromatic N) is 2. The summed E-state index contributed by atoms with van der Waals surface area (Å²) in [5, 5.41) is 13.6. The minimum atomic E-state index is -0.295. The van der Waals surface area contributed by atoms with Gasteiger partial charge in [0.2, 0.25) is 0 Å². The van der Waals surface area contributed by atoms with Gasteiger partial charge >= 0.3 is 0 Å². The molecule has 0 aliphatic heterocycles. The number of aliphatic hydroxyl groups is 1. The van der Waals surface area contributed by atoms with Crippen LogP contribution in [-0.2, 0) is 6.54 Å². The lowest BCUT2D eigenvalue weighted by Gasteiger charge is -2.05. The molecule has 0 amide bonds. The predicted molar refractivity (Wildman–Crippen MR) is 57.7 cm³/mol. The number of aromatic nitrogens is 2. The molecule has 0 radical (unpaired) electrons. The summed E-state index contributed by atoms with van der Waals surface area (Å²) < 4.78 is 7.04. The summed E-state index contributed by atoms with van der Waals surface area (Å²) in [6.07, 6.45) is 7.58. The fourth-order valence-electron chi connectivity index (χ4n) is 1.92. The van der Waals surface area contributed by atoms with E-state index in [1.165, 1.54) is 0 Å². The van der Waals surface area contributed by atoms with E-state index in [1.54, 1.807) is 6.20 Å². The van der Waals surface area contributed by atoms with Crippen molar-refractivity contribution in [3.63, 3.8) is 0 Å². The lowest BCUT2D eigenvalue weighted by Crippen LogP contribution is -1.99. The van der Waals surface area contributed by atoms with E-state index in [9.17, 15) is 5.11 Å². The van der Waals surface area contributed by atoms with Crippen molar-refractivity contribution in [1.29, 1.82) is 0 Å². The third-order valence-corrected chi connectivity index (χ3v) is 3.01. The highest BCUT2D eigenvalue weighted by atomic mass is 16.5. The highest BCUT2D eigenvalue weighted by Gasteiger charge is 2.31. The second-order valence-electron chi connectivity index (χ2n) is 4.38. The molecule has 0 spiro atoms. The molecule has 0 bridgehead atoms. The maximum atomic E-state index is 9.95. The predicted octanol–water partition coefficient (Wildman–Crippen LogP) is 1.97. The summed E-state index contributed by atoms with van der Waals surface area (Å²) in [7, 11) is 0. The molecule has 0 saturated heterocycles. The Balaban J connectivity index is 1.72. The van der Waals surface area contributed by atoms with E-state index in [1.807, 2.05) is 29.1 Å². The summed E-state index contributed by atoms with van der Waals surface area (Å²) in [6.45, 7) is 0.664. The Morgan fingerprint density at radius 3 is 3.06 bits per heavy atom. The molecule has 1 aliphatic carbocycles. The Labute approximate surface area is 93.5 Å². The first-order chi connectivity index (χ1) is 7.83. The van der Waals surface area contributed by atoms with Gasteiger partial charge < -0.3 is 14.2 Å². The third-order valence-electron chi connectivity index (χ3n) is 3.01. The second-order valence-corrected chi connectivity index (χ2v) is 4.38. The number of aliphatic hydroxyl groups excluding tert-OH is 1. The van der Waals surface area contributed by atoms with Crippen LogP contribution in [0.25, 0.3) is 0 Å². The van der Waals surface area contributed by atoms with Crippen molar-refractivity contribution in [2.45, 2.75) is 25.5 Å². The minimum Gasteiger partial charge on any atom is -0.388 e. The van der Waals surface area contributed by atoms with Gasteiger partial charge in [0.05, 0.1) is 18.8 Å². The van der Waals surface area contributed by atoms with Crippen LogP contribution in [-0.4, -0.2) is 14.8 Å². The largest absolute Gasteiger partial charge is 0.388 e. The van der Waals surface area contributed by atoms with Crippen molar-refractivity contribution in [3.8, 4) is 0 Å². The van der Waals surface area contributed by atoms with Gasteiger partial charge in [0.25, 0.3) is 0 Å². The number of hydrogen-bond donors (Lipinski definition) is 1. The Bertz CT molecular complexity index is 457. The van der Waals surface area contributed by atoms with Gasteiger partial charge in [0.15, 0.2) is 5.76 Å². The third kappa shape index (κ3) is 1.88. The van der Waals surface area contributed by atoms with E-state index in [0.717, 1.165) is 24.2 Å². The average molecular weight is 218 g/mol. The van der Waals surface area contributed by atoms with Gasteiger partial charge in [-0.05, 0) is 30.4 Å². The molecule has 1 aliphatic rings. The molecule has 4 heteroatoms. The number of rotatable bonds is 4. The van der Waals surface area contributed by atoms with Gasteiger partial charge in [-0.25, -0.2) is 0 Å². The summed E-state index contributed by atoms with van der Waals surface area (Å²) in [5.74, 6) is 1.30. The van der Waals surface area contributed by atoms with Gasteiger partial charge in [-0.1, -0.05) is 5.16 Å². The zero-order chi connectivity index (χ0) is 11.0. The molecule has 1 unspecified atom stereocenters. The molecule has 1 fully saturated rings. The fourth-order valence-corrected chi connectivity index (χ4v) is 1.92. The minimum absolute atomic E-state index is 0.295. The average Bonchev–Trinajstić information content (AvgIpc) is 2.82. The quantitative estimate of drug-likeness (QED) is 0.853. The van der Waals surface area contributed by atoms with E-state index in [4.69, 9.17) is 4.52 Å². The van der Waals surface area contributed by atoms with E-state index in [0.29, 0.717) is 12.5 Å². The highest BCUT2D eigenvalue weighted by molar-refractivity contribution is 5.16. The molecule has 2 aromatic rings. The SMILES string of the molecule is OC(c1ccn(Cc2ccno2)c1)C1CC1. The second kappa shape index (κ2) is 3.79. The van der Waals surface area contributed by atoms with Crippen molar-refractivity contribution in [1.82, 2.24) is 9.72 Å². The zero-order valence-corrected chi connectivity index (χ0v) is 8.91. The molecule has 4 nitrogen and oxygen atoms in total. The summed E-state index contributed by atoms with van der Waals surface area (Å²) in [5.41, 5.74) is 1.00. The van der Waals surface area contributed by atoms with Crippen molar-refractivity contribution in [3.05, 3.63) is 42.0 Å². The van der Waals surface area contributed by atoms with Gasteiger partial charge in [0.1, 0.15) is 0 Å². The topological polar surface area (TPSA) is 51.2 Å². The molecule has 3 rings (SSSR count). The monoisotopic (exact) mass is 218 g/mol. The lowest BCUT2D eigenvalue weighted by molar-refractivity contribution is 0.154. The Kier molecular flexibility index (Phi) is 2.29. The highest BCUT2D eigenvalue weighted by Crippen LogP contribution is 2.40. The van der Waals surface area contributed by atoms with Crippen LogP contribution in [0, 0.1) is 5.92 Å². The Morgan fingerprint density at radius 2 is 2.38 bits per heavy atom. The maximum absolute atomic E-state index is 9.95. The van der Waals surface area contributed by atoms with Crippen molar-refractivity contribution >= 4 is 0 Å². The number of hydrogen-bond acceptors (Lipinski definition) is 3. The van der Waals surface area contributed by atoms with E-state index >= 15 is 0 Å². The molecule has 84 valence electrons. The van der Waals surface area contributed by atoms with Crippen LogP contribution < -0.4 is 0 Å². The van der Waals surface area contributed by atoms with Crippen molar-refractivity contribution in [2.24, 2.45) is 5.92 Å². The van der Waals surface area contributed by atoms with Crippen LogP contribution in [0.3, 0.4) is 0 Å². The van der Waals surface area contributed by atoms with Crippen LogP contribution >= 0.6 is 0 Å². The lowest BCUT2D eigenvalue weighted by atomic mass is 10.1. The van der Waals surface area contributed by atoms with Gasteiger partial charge in [-0.3, -0.25) is 0 Å². The van der Waals surface area contributed by atoms with Gasteiger partial charge in [0, 0.05) is 18.5 Å². The van der Waals surface area contributed by atoms with Crippen LogP contribution in [0.2, 0.25) is 0 Å². The Hall–Kier alpha value is -1.55. The molecular weight excluding hydrogens is 204 g/mol. The van der Waals surface area contributed by atoms with Crippen molar-refractivity contribution in [2.75, 3.05) is 0 Å². The summed E-state index contributed by atoms with van der Waals surface area (Å²) in [4.78, 5) is 0. The molecule has 2 aromatic heterocycles. The molecule has 1 N–H and O–H groups in total. The van der Waals surface area contributed by atoms with E-state index < -0.39 is 0 Å². The fraction of sp³-hybridized carbons (Fsp3) is 0.417. The molecule has 1 saturated carbocycles. The van der Waals surface area contributed by atoms with Gasteiger partial charge in [-0.2, -0.15) is 0 Å². The zero-order valence-electron chi connectivity index (χ0n) is 8.91. The summed E-state index contributed by atoms with van der Waals surface area (Å²) in [6, 6.07) is 3.82. The van der Waals surface area contributed by atoms with Crippen LogP contribution in [0.1, 0.15) is 30.3 Å².